The minimum absolute atomic E-state index is 0.107. The molecule has 3 heterocycles. The van der Waals surface area contributed by atoms with Gasteiger partial charge in [0, 0.05) is 30.6 Å². The summed E-state index contributed by atoms with van der Waals surface area (Å²) in [6, 6.07) is 7.84. The number of hydrogen-bond acceptors (Lipinski definition) is 6. The summed E-state index contributed by atoms with van der Waals surface area (Å²) in [5.41, 5.74) is 0.609. The topological polar surface area (TPSA) is 121 Å². The second-order valence-corrected chi connectivity index (χ2v) is 12.6. The maximum absolute atomic E-state index is 13.4. The average Bonchev–Trinajstić information content (AvgIpc) is 3.27. The maximum atomic E-state index is 13.4. The van der Waals surface area contributed by atoms with Crippen molar-refractivity contribution < 1.29 is 22.4 Å². The van der Waals surface area contributed by atoms with Crippen molar-refractivity contribution in [3.63, 3.8) is 0 Å². The fourth-order valence-electron chi connectivity index (χ4n) is 5.07. The predicted octanol–water partition coefficient (Wildman–Crippen LogP) is 3.87. The van der Waals surface area contributed by atoms with Gasteiger partial charge >= 0.3 is 0 Å². The third kappa shape index (κ3) is 6.35. The maximum Gasteiger partial charge on any atom is 0.287 e. The van der Waals surface area contributed by atoms with Gasteiger partial charge in [-0.1, -0.05) is 45.0 Å². The molecule has 4 atom stereocenters. The number of benzene rings is 1. The second-order valence-electron chi connectivity index (χ2n) is 10.8. The number of hydrogen-bond donors (Lipinski definition) is 2. The molecule has 10 heteroatoms. The minimum atomic E-state index is -3.72. The van der Waals surface area contributed by atoms with E-state index >= 15 is 0 Å². The molecule has 1 unspecified atom stereocenters. The third-order valence-electron chi connectivity index (χ3n) is 7.24. The highest BCUT2D eigenvalue weighted by Gasteiger charge is 2.38. The van der Waals surface area contributed by atoms with Gasteiger partial charge in [0.25, 0.3) is 15.9 Å². The zero-order valence-corrected chi connectivity index (χ0v) is 23.3. The molecular weight excluding hydrogens is 504 g/mol. The van der Waals surface area contributed by atoms with Crippen molar-refractivity contribution in [2.45, 2.75) is 71.5 Å². The molecule has 38 heavy (non-hydrogen) atoms. The molecule has 206 valence electrons. The number of dihydropyridines is 1. The molecule has 4 rings (SSSR count). The molecule has 2 amide bonds. The number of para-hydroxylation sites is 1. The van der Waals surface area contributed by atoms with Crippen LogP contribution in [-0.4, -0.2) is 60.8 Å². The van der Waals surface area contributed by atoms with Crippen LogP contribution in [0.25, 0.3) is 11.0 Å². The first kappa shape index (κ1) is 28.0. The molecule has 2 N–H and O–H groups in total. The van der Waals surface area contributed by atoms with Crippen LogP contribution in [0.2, 0.25) is 0 Å². The van der Waals surface area contributed by atoms with E-state index in [-0.39, 0.29) is 47.2 Å². The number of fused-ring (bicyclic) bond motifs is 1. The fraction of sp³-hybridized carbons (Fsp3) is 0.536. The van der Waals surface area contributed by atoms with Gasteiger partial charge in [-0.15, -0.1) is 0 Å². The van der Waals surface area contributed by atoms with Gasteiger partial charge in [0.2, 0.25) is 5.91 Å². The molecular formula is C28H38N4O5S. The van der Waals surface area contributed by atoms with Crippen LogP contribution in [0.4, 0.5) is 0 Å². The zero-order valence-electron chi connectivity index (χ0n) is 22.5. The van der Waals surface area contributed by atoms with Gasteiger partial charge in [0.15, 0.2) is 10.8 Å². The zero-order chi connectivity index (χ0) is 27.4. The van der Waals surface area contributed by atoms with Crippen LogP contribution in [0.3, 0.4) is 0 Å². The predicted molar refractivity (Wildman–Crippen MR) is 148 cm³/mol. The van der Waals surface area contributed by atoms with Crippen LogP contribution in [0.1, 0.15) is 63.9 Å². The molecule has 2 aliphatic rings. The number of nitrogens with one attached hydrogen (secondary N) is 2. The van der Waals surface area contributed by atoms with Crippen molar-refractivity contribution in [1.29, 1.82) is 0 Å². The van der Waals surface area contributed by atoms with Crippen LogP contribution in [0.15, 0.2) is 51.9 Å². The Balaban J connectivity index is 1.45. The second kappa shape index (κ2) is 11.8. The van der Waals surface area contributed by atoms with Crippen molar-refractivity contribution in [2.24, 2.45) is 16.8 Å². The number of carbonyl (C=O) groups excluding carboxylic acids is 2. The molecule has 0 spiro atoms. The smallest absolute Gasteiger partial charge is 0.287 e. The Bertz CT molecular complexity index is 1300. The molecule has 0 bridgehead atoms. The van der Waals surface area contributed by atoms with Gasteiger partial charge in [-0.25, -0.2) is 8.42 Å². The van der Waals surface area contributed by atoms with Gasteiger partial charge < -0.3 is 15.1 Å². The highest BCUT2D eigenvalue weighted by molar-refractivity contribution is 8.04. The Labute approximate surface area is 224 Å². The van der Waals surface area contributed by atoms with Gasteiger partial charge in [-0.3, -0.25) is 14.6 Å². The van der Waals surface area contributed by atoms with E-state index in [2.05, 4.69) is 15.6 Å². The summed E-state index contributed by atoms with van der Waals surface area (Å²) in [6.07, 6.45) is 5.86. The number of sulfonamides is 1. The monoisotopic (exact) mass is 542 g/mol. The van der Waals surface area contributed by atoms with E-state index in [0.717, 1.165) is 11.8 Å². The Morgan fingerprint density at radius 1 is 1.18 bits per heavy atom. The van der Waals surface area contributed by atoms with E-state index < -0.39 is 22.0 Å². The van der Waals surface area contributed by atoms with Gasteiger partial charge in [0.05, 0.1) is 0 Å². The number of carbonyl (C=O) groups is 2. The number of furan rings is 1. The molecule has 2 aromatic rings. The number of aliphatic imine (C=N–C) groups is 1. The van der Waals surface area contributed by atoms with Crippen LogP contribution in [-0.2, 0) is 14.8 Å². The van der Waals surface area contributed by atoms with Crippen molar-refractivity contribution in [3.8, 4) is 0 Å². The van der Waals surface area contributed by atoms with Crippen molar-refractivity contribution >= 4 is 37.9 Å². The minimum Gasteiger partial charge on any atom is -0.451 e. The number of amides is 2. The lowest BCUT2D eigenvalue weighted by atomic mass is 9.96. The Kier molecular flexibility index (Phi) is 8.72. The van der Waals surface area contributed by atoms with Gasteiger partial charge in [0.1, 0.15) is 11.6 Å². The van der Waals surface area contributed by atoms with Crippen LogP contribution < -0.4 is 10.6 Å². The van der Waals surface area contributed by atoms with E-state index in [1.165, 1.54) is 4.31 Å². The molecule has 0 aliphatic carbocycles. The van der Waals surface area contributed by atoms with E-state index in [9.17, 15) is 18.0 Å². The lowest BCUT2D eigenvalue weighted by molar-refractivity contribution is -0.124. The van der Waals surface area contributed by atoms with E-state index in [1.54, 1.807) is 18.2 Å². The van der Waals surface area contributed by atoms with E-state index in [4.69, 9.17) is 4.42 Å². The largest absolute Gasteiger partial charge is 0.451 e. The van der Waals surface area contributed by atoms with Crippen molar-refractivity contribution in [1.82, 2.24) is 14.9 Å². The lowest BCUT2D eigenvalue weighted by Gasteiger charge is -2.29. The summed E-state index contributed by atoms with van der Waals surface area (Å²) in [6.45, 7) is 8.59. The molecule has 0 radical (unpaired) electrons. The third-order valence-corrected chi connectivity index (χ3v) is 9.16. The Morgan fingerprint density at radius 3 is 2.63 bits per heavy atom. The van der Waals surface area contributed by atoms with Gasteiger partial charge in [-0.05, 0) is 62.7 Å². The normalized spacial score (nSPS) is 23.6. The van der Waals surface area contributed by atoms with Gasteiger partial charge in [-0.2, -0.15) is 4.31 Å². The first-order valence-corrected chi connectivity index (χ1v) is 14.8. The molecule has 1 aromatic heterocycles. The van der Waals surface area contributed by atoms with E-state index in [0.29, 0.717) is 31.4 Å². The Hall–Kier alpha value is -2.98. The average molecular weight is 543 g/mol. The summed E-state index contributed by atoms with van der Waals surface area (Å²) in [5.74, 6) is -0.521. The van der Waals surface area contributed by atoms with Crippen molar-refractivity contribution in [3.05, 3.63) is 48.2 Å². The standard InChI is InChI=1S/C28H38N4O5S/c1-18(2)15-23(31-28(34)25-16-21-9-5-6-10-24(21)37-25)27(33)30-22-13-12-20(4)32(17-19(22)3)38(35,36)26-11-7-8-14-29-26/h5-7,9-11,16,18-20,22-23H,8,12-15,17H2,1-4H3,(H,30,33)(H,31,34)/t19?,20-,22+,23+/m1/s1. The molecule has 9 nitrogen and oxygen atoms in total. The number of nitrogens with zero attached hydrogens (tertiary/aromatic N) is 2. The molecule has 1 fully saturated rings. The van der Waals surface area contributed by atoms with Crippen LogP contribution >= 0.6 is 0 Å². The molecule has 0 saturated carbocycles. The summed E-state index contributed by atoms with van der Waals surface area (Å²) < 4.78 is 33.9. The first-order chi connectivity index (χ1) is 18.1. The summed E-state index contributed by atoms with van der Waals surface area (Å²) in [7, 11) is -3.72. The molecule has 1 saturated heterocycles. The highest BCUT2D eigenvalue weighted by atomic mass is 32.2. The summed E-state index contributed by atoms with van der Waals surface area (Å²) in [5, 5.41) is 6.90. The summed E-state index contributed by atoms with van der Waals surface area (Å²) in [4.78, 5) is 30.7. The first-order valence-electron chi connectivity index (χ1n) is 13.4. The fourth-order valence-corrected chi connectivity index (χ4v) is 6.85. The molecule has 2 aliphatic heterocycles. The quantitative estimate of drug-likeness (QED) is 0.550. The lowest BCUT2D eigenvalue weighted by Crippen LogP contribution is -2.52. The van der Waals surface area contributed by atoms with Crippen LogP contribution in [0, 0.1) is 11.8 Å². The Morgan fingerprint density at radius 2 is 1.95 bits per heavy atom. The van der Waals surface area contributed by atoms with Crippen LogP contribution in [0.5, 0.6) is 0 Å². The summed E-state index contributed by atoms with van der Waals surface area (Å²) >= 11 is 0. The molecule has 1 aromatic carbocycles. The highest BCUT2D eigenvalue weighted by Crippen LogP contribution is 2.26. The SMILES string of the molecule is CC(C)C[C@H](NC(=O)c1cc2ccccc2o1)C(=O)N[C@H]1CC[C@@H](C)N(S(=O)(=O)C2=NCCC=C2)CC1C. The van der Waals surface area contributed by atoms with Crippen molar-refractivity contribution in [2.75, 3.05) is 13.1 Å². The van der Waals surface area contributed by atoms with E-state index in [1.807, 2.05) is 52.0 Å². The number of rotatable bonds is 7.